The Morgan fingerprint density at radius 1 is 1.12 bits per heavy atom. The Morgan fingerprint density at radius 2 is 1.62 bits per heavy atom. The number of halogens is 1. The molecule has 0 amide bonds. The van der Waals surface area contributed by atoms with Crippen molar-refractivity contribution in [3.63, 3.8) is 0 Å². The van der Waals surface area contributed by atoms with Gasteiger partial charge in [0.05, 0.1) is 0 Å². The minimum absolute atomic E-state index is 1.30. The topological polar surface area (TPSA) is 0 Å². The van der Waals surface area contributed by atoms with Gasteiger partial charge in [0.15, 0.2) is 0 Å². The summed E-state index contributed by atoms with van der Waals surface area (Å²) < 4.78 is 2.62. The summed E-state index contributed by atoms with van der Waals surface area (Å²) in [6, 6.07) is 8.44. The molecule has 0 radical (unpaired) electrons. The Bertz CT molecular complexity index is 147. The third kappa shape index (κ3) is 1.81. The van der Waals surface area contributed by atoms with Gasteiger partial charge in [-0.15, -0.1) is 0 Å². The fraction of sp³-hybridized carbons (Fsp3) is 0. The second-order valence-corrected chi connectivity index (χ2v) is 3.04. The van der Waals surface area contributed by atoms with Gasteiger partial charge in [0.1, 0.15) is 0 Å². The molecule has 0 heterocycles. The normalized spacial score (nSPS) is 9.38. The van der Waals surface area contributed by atoms with Crippen LogP contribution in [0.4, 0.5) is 0 Å². The first-order chi connectivity index (χ1) is 3.79. The molecule has 0 nitrogen and oxygen atoms in total. The van der Waals surface area contributed by atoms with E-state index in [2.05, 4.69) is 64.6 Å². The molecule has 0 bridgehead atoms. The zero-order chi connectivity index (χ0) is 5.98. The Kier molecular flexibility index (Phi) is 2.42. The van der Waals surface area contributed by atoms with Crippen LogP contribution in [0.2, 0.25) is 0 Å². The van der Waals surface area contributed by atoms with E-state index < -0.39 is 0 Å². The van der Waals surface area contributed by atoms with E-state index in [0.29, 0.717) is 0 Å². The summed E-state index contributed by atoms with van der Waals surface area (Å²) in [6.45, 7) is 0. The Hall–Kier alpha value is 0.547. The van der Waals surface area contributed by atoms with Crippen LogP contribution in [0.5, 0.6) is 0 Å². The molecule has 0 N–H and O–H groups in total. The van der Waals surface area contributed by atoms with E-state index in [9.17, 15) is 0 Å². The third-order valence-electron chi connectivity index (χ3n) is 1.01. The first-order valence-electron chi connectivity index (χ1n) is 2.51. The van der Waals surface area contributed by atoms with Crippen molar-refractivity contribution in [2.24, 2.45) is 0 Å². The van der Waals surface area contributed by atoms with Gasteiger partial charge >= 0.3 is 72.4 Å². The molecule has 1 aromatic rings. The van der Waals surface area contributed by atoms with E-state index in [1.807, 2.05) is 0 Å². The van der Waals surface area contributed by atoms with E-state index in [1.165, 1.54) is 7.81 Å². The van der Waals surface area contributed by atoms with Gasteiger partial charge in [0.25, 0.3) is 0 Å². The molecule has 36 valence electrons. The summed E-state index contributed by atoms with van der Waals surface area (Å²) in [4.78, 5) is 0. The average molecular weight is 210 g/mol. The van der Waals surface area contributed by atoms with Crippen LogP contribution in [0.25, 0.3) is 0 Å². The maximum atomic E-state index is 2.30. The average Bonchev–Trinajstić information content (AvgIpc) is 1.77. The van der Waals surface area contributed by atoms with Crippen LogP contribution in [0.1, 0.15) is 0 Å². The van der Waals surface area contributed by atoms with Crippen LogP contribution in [0.3, 0.4) is 0 Å². The molecule has 8 heavy (non-hydrogen) atoms. The predicted octanol–water partition coefficient (Wildman–Crippen LogP) is 1.08. The van der Waals surface area contributed by atoms with Crippen molar-refractivity contribution in [2.45, 2.75) is 0 Å². The van der Waals surface area contributed by atoms with Gasteiger partial charge in [-0.2, -0.15) is 0 Å². The van der Waals surface area contributed by atoms with E-state index >= 15 is 0 Å². The molecular formula is C6H4ILi. The quantitative estimate of drug-likeness (QED) is 0.444. The fourth-order valence-corrected chi connectivity index (χ4v) is 0.893. The van der Waals surface area contributed by atoms with Crippen molar-refractivity contribution in [1.82, 2.24) is 0 Å². The van der Waals surface area contributed by atoms with Crippen LogP contribution in [-0.4, -0.2) is 17.7 Å². The summed E-state index contributed by atoms with van der Waals surface area (Å²) in [6.07, 6.45) is 0. The molecule has 1 aromatic carbocycles. The van der Waals surface area contributed by atoms with E-state index in [4.69, 9.17) is 0 Å². The minimum atomic E-state index is 1.30. The number of benzene rings is 1. The van der Waals surface area contributed by atoms with Crippen LogP contribution in [-0.2, 0) is 0 Å². The zero-order valence-electron chi connectivity index (χ0n) is 4.69. The monoisotopic (exact) mass is 210 g/mol. The van der Waals surface area contributed by atoms with Crippen LogP contribution < -0.4 is 4.24 Å². The molecule has 0 aliphatic rings. The first kappa shape index (κ1) is 6.66. The molecular weight excluding hydrogens is 206 g/mol. The predicted molar refractivity (Wildman–Crippen MR) is 44.5 cm³/mol. The van der Waals surface area contributed by atoms with Gasteiger partial charge in [0, 0.05) is 0 Å². The fourth-order valence-electron chi connectivity index (χ4n) is 0.533. The van der Waals surface area contributed by atoms with Gasteiger partial charge < -0.3 is 0 Å². The molecule has 0 saturated heterocycles. The SMILES string of the molecule is [Li][c]1ccc(I)cc1. The standard InChI is InChI=1S/C6H4I.Li/c7-6-4-2-1-3-5-6;/h2-5H;. The van der Waals surface area contributed by atoms with Crippen molar-refractivity contribution < 1.29 is 0 Å². The molecule has 2 heteroatoms. The summed E-state index contributed by atoms with van der Waals surface area (Å²) in [7, 11) is 0. The van der Waals surface area contributed by atoms with Gasteiger partial charge in [0.2, 0.25) is 0 Å². The molecule has 0 saturated carbocycles. The van der Waals surface area contributed by atoms with E-state index in [-0.39, 0.29) is 0 Å². The van der Waals surface area contributed by atoms with Crippen molar-refractivity contribution >= 4 is 44.5 Å². The van der Waals surface area contributed by atoms with E-state index in [0.717, 1.165) is 0 Å². The van der Waals surface area contributed by atoms with Crippen LogP contribution in [0, 0.1) is 3.57 Å². The molecule has 0 aromatic heterocycles. The molecule has 0 atom stereocenters. The van der Waals surface area contributed by atoms with Gasteiger partial charge in [-0.1, -0.05) is 0 Å². The molecule has 0 aliphatic heterocycles. The number of hydrogen-bond donors (Lipinski definition) is 0. The van der Waals surface area contributed by atoms with Crippen LogP contribution >= 0.6 is 22.6 Å². The number of rotatable bonds is 0. The Morgan fingerprint density at radius 3 is 2.00 bits per heavy atom. The van der Waals surface area contributed by atoms with Crippen molar-refractivity contribution in [3.8, 4) is 0 Å². The molecule has 0 aliphatic carbocycles. The van der Waals surface area contributed by atoms with E-state index in [1.54, 1.807) is 0 Å². The Labute approximate surface area is 72.0 Å². The summed E-state index contributed by atoms with van der Waals surface area (Å²) in [5.74, 6) is 0. The van der Waals surface area contributed by atoms with Gasteiger partial charge in [-0.05, 0) is 0 Å². The molecule has 0 unspecified atom stereocenters. The van der Waals surface area contributed by atoms with Crippen molar-refractivity contribution in [1.29, 1.82) is 0 Å². The first-order valence-corrected chi connectivity index (χ1v) is 3.59. The van der Waals surface area contributed by atoms with Crippen molar-refractivity contribution in [2.75, 3.05) is 0 Å². The summed E-state index contributed by atoms with van der Waals surface area (Å²) >= 11 is 4.39. The maximum absolute atomic E-state index is 2.30. The third-order valence-corrected chi connectivity index (χ3v) is 1.73. The molecule has 1 rings (SSSR count). The van der Waals surface area contributed by atoms with Crippen molar-refractivity contribution in [3.05, 3.63) is 27.8 Å². The van der Waals surface area contributed by atoms with Crippen LogP contribution in [0.15, 0.2) is 24.3 Å². The number of hydrogen-bond acceptors (Lipinski definition) is 0. The second-order valence-electron chi connectivity index (χ2n) is 1.80. The second kappa shape index (κ2) is 2.91. The van der Waals surface area contributed by atoms with Gasteiger partial charge in [-0.25, -0.2) is 0 Å². The molecule has 0 spiro atoms. The van der Waals surface area contributed by atoms with Gasteiger partial charge in [-0.3, -0.25) is 0 Å². The zero-order valence-corrected chi connectivity index (χ0v) is 6.84. The Balaban J connectivity index is 3.03. The molecule has 0 fully saturated rings. The summed E-state index contributed by atoms with van der Waals surface area (Å²) in [5.41, 5.74) is 0. The summed E-state index contributed by atoms with van der Waals surface area (Å²) in [5, 5.41) is 0.